The highest BCUT2D eigenvalue weighted by Crippen LogP contribution is 2.24. The lowest BCUT2D eigenvalue weighted by Crippen LogP contribution is -2.37. The molecule has 1 fully saturated rings. The number of rotatable bonds is 7. The summed E-state index contributed by atoms with van der Waals surface area (Å²) in [6, 6.07) is 5.27. The summed E-state index contributed by atoms with van der Waals surface area (Å²) in [6.45, 7) is 0.925. The van der Waals surface area contributed by atoms with Gasteiger partial charge in [0.05, 0.1) is 0 Å². The molecule has 0 unspecified atom stereocenters. The number of halogens is 2. The number of amides is 2. The Balaban J connectivity index is 1.60. The number of carbonyl (C=O) groups is 2. The number of benzene rings is 1. The van der Waals surface area contributed by atoms with Gasteiger partial charge in [-0.25, -0.2) is 0 Å². The second-order valence-corrected chi connectivity index (χ2v) is 6.70. The second-order valence-electron chi connectivity index (χ2n) is 5.86. The molecular formula is C17H22Cl2N2O2. The molecule has 6 heteroatoms. The molecule has 1 aromatic carbocycles. The van der Waals surface area contributed by atoms with Gasteiger partial charge in [0.15, 0.2) is 0 Å². The minimum atomic E-state index is -0.0499. The lowest BCUT2D eigenvalue weighted by Gasteiger charge is -2.11. The molecule has 2 N–H and O–H groups in total. The van der Waals surface area contributed by atoms with Crippen LogP contribution >= 0.6 is 23.2 Å². The minimum Gasteiger partial charge on any atom is -0.354 e. The number of hydrogen-bond acceptors (Lipinski definition) is 2. The van der Waals surface area contributed by atoms with E-state index in [0.29, 0.717) is 36.0 Å². The molecule has 23 heavy (non-hydrogen) atoms. The van der Waals surface area contributed by atoms with Crippen LogP contribution in [0.3, 0.4) is 0 Å². The van der Waals surface area contributed by atoms with Gasteiger partial charge in [-0.15, -0.1) is 0 Å². The Morgan fingerprint density at radius 3 is 2.48 bits per heavy atom. The lowest BCUT2D eigenvalue weighted by molar-refractivity contribution is -0.125. The van der Waals surface area contributed by atoms with Gasteiger partial charge in [-0.3, -0.25) is 9.59 Å². The molecule has 1 aromatic rings. The van der Waals surface area contributed by atoms with Crippen LogP contribution in [-0.2, 0) is 16.0 Å². The summed E-state index contributed by atoms with van der Waals surface area (Å²) in [5.41, 5.74) is 0.903. The maximum absolute atomic E-state index is 11.8. The molecule has 0 aromatic heterocycles. The number of carbonyl (C=O) groups excluding carboxylic acids is 2. The van der Waals surface area contributed by atoms with Crippen molar-refractivity contribution < 1.29 is 9.59 Å². The van der Waals surface area contributed by atoms with Gasteiger partial charge in [0, 0.05) is 35.5 Å². The fraction of sp³-hybridized carbons (Fsp3) is 0.529. The van der Waals surface area contributed by atoms with Crippen molar-refractivity contribution in [1.29, 1.82) is 0 Å². The predicted octanol–water partition coefficient (Wildman–Crippen LogP) is 3.35. The van der Waals surface area contributed by atoms with Gasteiger partial charge in [0.25, 0.3) is 0 Å². The van der Waals surface area contributed by atoms with E-state index in [-0.39, 0.29) is 17.7 Å². The summed E-state index contributed by atoms with van der Waals surface area (Å²) in [4.78, 5) is 23.6. The first-order chi connectivity index (χ1) is 11.1. The fourth-order valence-corrected chi connectivity index (χ4v) is 3.28. The van der Waals surface area contributed by atoms with Crippen molar-refractivity contribution in [3.63, 3.8) is 0 Å². The van der Waals surface area contributed by atoms with E-state index in [1.807, 2.05) is 6.07 Å². The lowest BCUT2D eigenvalue weighted by atomic mass is 10.1. The third kappa shape index (κ3) is 6.04. The third-order valence-electron chi connectivity index (χ3n) is 4.11. The van der Waals surface area contributed by atoms with Crippen molar-refractivity contribution in [2.75, 3.05) is 13.1 Å². The topological polar surface area (TPSA) is 58.2 Å². The van der Waals surface area contributed by atoms with Crippen LogP contribution in [-0.4, -0.2) is 24.9 Å². The summed E-state index contributed by atoms with van der Waals surface area (Å²) in [5, 5.41) is 6.85. The Kier molecular flexibility index (Phi) is 7.18. The number of hydrogen-bond donors (Lipinski definition) is 2. The van der Waals surface area contributed by atoms with Crippen molar-refractivity contribution in [2.24, 2.45) is 5.92 Å². The van der Waals surface area contributed by atoms with Crippen LogP contribution in [0.1, 0.15) is 37.7 Å². The fourth-order valence-electron chi connectivity index (χ4n) is 2.78. The first-order valence-corrected chi connectivity index (χ1v) is 8.80. The molecule has 0 atom stereocenters. The molecule has 1 saturated carbocycles. The molecule has 2 amide bonds. The Morgan fingerprint density at radius 1 is 1.09 bits per heavy atom. The molecule has 0 bridgehead atoms. The van der Waals surface area contributed by atoms with Crippen molar-refractivity contribution in [2.45, 2.75) is 38.5 Å². The molecule has 0 saturated heterocycles. The highest BCUT2D eigenvalue weighted by Gasteiger charge is 2.21. The monoisotopic (exact) mass is 356 g/mol. The summed E-state index contributed by atoms with van der Waals surface area (Å²) < 4.78 is 0. The van der Waals surface area contributed by atoms with Gasteiger partial charge in [0.1, 0.15) is 0 Å². The van der Waals surface area contributed by atoms with Crippen LogP contribution in [0.25, 0.3) is 0 Å². The van der Waals surface area contributed by atoms with Crippen molar-refractivity contribution >= 4 is 35.0 Å². The molecule has 0 spiro atoms. The van der Waals surface area contributed by atoms with Crippen LogP contribution in [0.15, 0.2) is 18.2 Å². The third-order valence-corrected chi connectivity index (χ3v) is 4.70. The van der Waals surface area contributed by atoms with Gasteiger partial charge in [-0.2, -0.15) is 0 Å². The first-order valence-electron chi connectivity index (χ1n) is 8.04. The van der Waals surface area contributed by atoms with Crippen molar-refractivity contribution in [3.05, 3.63) is 33.8 Å². The zero-order valence-electron chi connectivity index (χ0n) is 13.0. The normalized spacial score (nSPS) is 14.7. The van der Waals surface area contributed by atoms with E-state index < -0.39 is 0 Å². The van der Waals surface area contributed by atoms with Gasteiger partial charge >= 0.3 is 0 Å². The van der Waals surface area contributed by atoms with Gasteiger partial charge in [0.2, 0.25) is 11.8 Å². The van der Waals surface area contributed by atoms with Crippen molar-refractivity contribution in [1.82, 2.24) is 10.6 Å². The van der Waals surface area contributed by atoms with Crippen molar-refractivity contribution in [3.8, 4) is 0 Å². The number of aryl methyl sites for hydroxylation is 1. The maximum Gasteiger partial charge on any atom is 0.223 e. The van der Waals surface area contributed by atoms with E-state index in [1.54, 1.807) is 12.1 Å². The zero-order valence-corrected chi connectivity index (χ0v) is 14.6. The standard InChI is InChI=1S/C17H22Cl2N2O2/c18-14-7-5-12(15(19)11-14)6-8-16(22)20-9-10-21-17(23)13-3-1-2-4-13/h5,7,11,13H,1-4,6,8-10H2,(H,20,22)(H,21,23). The van der Waals surface area contributed by atoms with Crippen LogP contribution in [0.2, 0.25) is 10.0 Å². The molecule has 1 aliphatic rings. The average molecular weight is 357 g/mol. The van der Waals surface area contributed by atoms with Gasteiger partial charge in [-0.05, 0) is 37.0 Å². The molecule has 0 heterocycles. The van der Waals surface area contributed by atoms with Crippen LogP contribution in [0.5, 0.6) is 0 Å². The Bertz CT molecular complexity index is 558. The van der Waals surface area contributed by atoms with E-state index in [0.717, 1.165) is 31.2 Å². The highest BCUT2D eigenvalue weighted by atomic mass is 35.5. The SMILES string of the molecule is O=C(CCc1ccc(Cl)cc1Cl)NCCNC(=O)C1CCCC1. The predicted molar refractivity (Wildman–Crippen MR) is 92.8 cm³/mol. The van der Waals surface area contributed by atoms with Crippen LogP contribution in [0.4, 0.5) is 0 Å². The Labute approximate surface area is 146 Å². The largest absolute Gasteiger partial charge is 0.354 e. The van der Waals surface area contributed by atoms with E-state index in [2.05, 4.69) is 10.6 Å². The maximum atomic E-state index is 11.8. The smallest absolute Gasteiger partial charge is 0.223 e. The summed E-state index contributed by atoms with van der Waals surface area (Å²) >= 11 is 11.9. The van der Waals surface area contributed by atoms with Crippen LogP contribution in [0, 0.1) is 5.92 Å². The Morgan fingerprint density at radius 2 is 1.78 bits per heavy atom. The highest BCUT2D eigenvalue weighted by molar-refractivity contribution is 6.35. The van der Waals surface area contributed by atoms with E-state index in [9.17, 15) is 9.59 Å². The number of nitrogens with one attached hydrogen (secondary N) is 2. The average Bonchev–Trinajstić information content (AvgIpc) is 3.05. The summed E-state index contributed by atoms with van der Waals surface area (Å²) in [6.07, 6.45) is 5.18. The van der Waals surface area contributed by atoms with E-state index >= 15 is 0 Å². The van der Waals surface area contributed by atoms with E-state index in [4.69, 9.17) is 23.2 Å². The van der Waals surface area contributed by atoms with Gasteiger partial charge < -0.3 is 10.6 Å². The molecule has 2 rings (SSSR count). The molecule has 0 radical (unpaired) electrons. The molecule has 1 aliphatic carbocycles. The first kappa shape index (κ1) is 18.1. The summed E-state index contributed by atoms with van der Waals surface area (Å²) in [7, 11) is 0. The van der Waals surface area contributed by atoms with Crippen LogP contribution < -0.4 is 10.6 Å². The quantitative estimate of drug-likeness (QED) is 0.736. The molecule has 126 valence electrons. The summed E-state index contributed by atoms with van der Waals surface area (Å²) in [5.74, 6) is 0.230. The molecular weight excluding hydrogens is 335 g/mol. The van der Waals surface area contributed by atoms with Gasteiger partial charge in [-0.1, -0.05) is 42.1 Å². The second kappa shape index (κ2) is 9.14. The molecule has 4 nitrogen and oxygen atoms in total. The molecule has 0 aliphatic heterocycles. The Hall–Kier alpha value is -1.26. The zero-order chi connectivity index (χ0) is 16.7. The minimum absolute atomic E-state index is 0.0499. The van der Waals surface area contributed by atoms with E-state index in [1.165, 1.54) is 0 Å².